The molecule has 0 amide bonds. The van der Waals surface area contributed by atoms with Gasteiger partial charge in [-0.2, -0.15) is 0 Å². The van der Waals surface area contributed by atoms with E-state index in [1.807, 2.05) is 0 Å². The summed E-state index contributed by atoms with van der Waals surface area (Å²) in [4.78, 5) is 4.49. The summed E-state index contributed by atoms with van der Waals surface area (Å²) >= 11 is 0. The van der Waals surface area contributed by atoms with Crippen molar-refractivity contribution in [2.45, 2.75) is 0 Å². The van der Waals surface area contributed by atoms with E-state index in [1.54, 1.807) is 0 Å². The van der Waals surface area contributed by atoms with E-state index in [0.717, 1.165) is 65.4 Å². The summed E-state index contributed by atoms with van der Waals surface area (Å²) in [6.07, 6.45) is 0. The van der Waals surface area contributed by atoms with Crippen LogP contribution in [0.3, 0.4) is 0 Å². The van der Waals surface area contributed by atoms with E-state index < -0.39 is 0 Å². The highest BCUT2D eigenvalue weighted by Crippen LogP contribution is 1.99. The van der Waals surface area contributed by atoms with Crippen LogP contribution < -0.4 is 10.6 Å². The van der Waals surface area contributed by atoms with Crippen molar-refractivity contribution in [3.63, 3.8) is 0 Å². The molecule has 2 fully saturated rings. The SMILES string of the molecule is C1CNCCN1.OCCN1CCN(CCO)CC1. The van der Waals surface area contributed by atoms with E-state index in [2.05, 4.69) is 20.4 Å². The Bertz CT molecular complexity index is 157. The maximum Gasteiger partial charge on any atom is 0.0558 e. The van der Waals surface area contributed by atoms with Crippen LogP contribution >= 0.6 is 0 Å². The van der Waals surface area contributed by atoms with Crippen molar-refractivity contribution >= 4 is 0 Å². The monoisotopic (exact) mass is 260 g/mol. The van der Waals surface area contributed by atoms with Gasteiger partial charge in [0.05, 0.1) is 13.2 Å². The quantitative estimate of drug-likeness (QED) is 0.459. The van der Waals surface area contributed by atoms with Gasteiger partial charge in [-0.15, -0.1) is 0 Å². The normalized spacial score (nSPS) is 22.3. The van der Waals surface area contributed by atoms with Crippen LogP contribution in [0.5, 0.6) is 0 Å². The van der Waals surface area contributed by atoms with Gasteiger partial charge in [0, 0.05) is 65.4 Å². The number of piperazine rings is 2. The third-order valence-electron chi connectivity index (χ3n) is 3.25. The van der Waals surface area contributed by atoms with Crippen LogP contribution in [0.25, 0.3) is 0 Å². The number of rotatable bonds is 4. The first-order valence-corrected chi connectivity index (χ1v) is 6.94. The number of aliphatic hydroxyl groups is 2. The second kappa shape index (κ2) is 10.7. The minimum atomic E-state index is 0.250. The van der Waals surface area contributed by atoms with Gasteiger partial charge in [-0.25, -0.2) is 0 Å². The third-order valence-corrected chi connectivity index (χ3v) is 3.25. The van der Waals surface area contributed by atoms with Gasteiger partial charge in [-0.05, 0) is 0 Å². The average Bonchev–Trinajstić information content (AvgIpc) is 2.44. The van der Waals surface area contributed by atoms with E-state index in [-0.39, 0.29) is 13.2 Å². The first-order chi connectivity index (χ1) is 8.86. The van der Waals surface area contributed by atoms with Crippen LogP contribution in [0.2, 0.25) is 0 Å². The van der Waals surface area contributed by atoms with Crippen LogP contribution in [0.4, 0.5) is 0 Å². The van der Waals surface area contributed by atoms with Crippen LogP contribution in [0.15, 0.2) is 0 Å². The van der Waals surface area contributed by atoms with Gasteiger partial charge in [-0.1, -0.05) is 0 Å². The molecule has 4 N–H and O–H groups in total. The Balaban J connectivity index is 0.000000225. The van der Waals surface area contributed by atoms with Crippen LogP contribution in [-0.2, 0) is 0 Å². The van der Waals surface area contributed by atoms with Gasteiger partial charge in [0.25, 0.3) is 0 Å². The summed E-state index contributed by atoms with van der Waals surface area (Å²) in [7, 11) is 0. The minimum Gasteiger partial charge on any atom is -0.395 e. The summed E-state index contributed by atoms with van der Waals surface area (Å²) < 4.78 is 0. The van der Waals surface area contributed by atoms with Gasteiger partial charge in [0.1, 0.15) is 0 Å². The Hall–Kier alpha value is -0.240. The molecule has 2 saturated heterocycles. The second-order valence-corrected chi connectivity index (χ2v) is 4.63. The lowest BCUT2D eigenvalue weighted by Gasteiger charge is -2.33. The molecule has 2 aliphatic heterocycles. The fraction of sp³-hybridized carbons (Fsp3) is 1.00. The zero-order valence-corrected chi connectivity index (χ0v) is 11.3. The van der Waals surface area contributed by atoms with Gasteiger partial charge in [-0.3, -0.25) is 9.80 Å². The number of aliphatic hydroxyl groups excluding tert-OH is 2. The molecule has 108 valence electrons. The first kappa shape index (κ1) is 15.8. The Morgan fingerprint density at radius 3 is 1.22 bits per heavy atom. The highest BCUT2D eigenvalue weighted by molar-refractivity contribution is 4.70. The summed E-state index contributed by atoms with van der Waals surface area (Å²) in [5.41, 5.74) is 0. The van der Waals surface area contributed by atoms with Crippen LogP contribution in [-0.4, -0.2) is 98.7 Å². The molecular weight excluding hydrogens is 232 g/mol. The molecule has 0 aromatic rings. The largest absolute Gasteiger partial charge is 0.395 e. The predicted molar refractivity (Wildman–Crippen MR) is 72.8 cm³/mol. The third kappa shape index (κ3) is 7.25. The lowest BCUT2D eigenvalue weighted by molar-refractivity contribution is 0.0984. The smallest absolute Gasteiger partial charge is 0.0558 e. The molecule has 2 heterocycles. The maximum absolute atomic E-state index is 8.69. The Morgan fingerprint density at radius 2 is 1.00 bits per heavy atom. The molecule has 6 heteroatoms. The van der Waals surface area contributed by atoms with Gasteiger partial charge in [0.2, 0.25) is 0 Å². The van der Waals surface area contributed by atoms with E-state index in [4.69, 9.17) is 10.2 Å². The summed E-state index contributed by atoms with van der Waals surface area (Å²) in [5, 5.41) is 23.8. The Kier molecular flexibility index (Phi) is 9.37. The van der Waals surface area contributed by atoms with E-state index in [9.17, 15) is 0 Å². The lowest BCUT2D eigenvalue weighted by atomic mass is 10.3. The van der Waals surface area contributed by atoms with E-state index in [0.29, 0.717) is 0 Å². The predicted octanol–water partition coefficient (Wildman–Crippen LogP) is -2.23. The molecule has 0 aromatic carbocycles. The van der Waals surface area contributed by atoms with Crippen molar-refractivity contribution in [1.29, 1.82) is 0 Å². The molecule has 6 nitrogen and oxygen atoms in total. The van der Waals surface area contributed by atoms with Crippen LogP contribution in [0.1, 0.15) is 0 Å². The maximum atomic E-state index is 8.69. The topological polar surface area (TPSA) is 71.0 Å². The molecule has 2 rings (SSSR count). The molecule has 0 saturated carbocycles. The number of hydrogen-bond donors (Lipinski definition) is 4. The van der Waals surface area contributed by atoms with Gasteiger partial charge in [0.15, 0.2) is 0 Å². The highest BCUT2D eigenvalue weighted by atomic mass is 16.3. The van der Waals surface area contributed by atoms with Crippen molar-refractivity contribution in [3.05, 3.63) is 0 Å². The molecule has 0 aliphatic carbocycles. The van der Waals surface area contributed by atoms with E-state index >= 15 is 0 Å². The number of nitrogens with zero attached hydrogens (tertiary/aromatic N) is 2. The van der Waals surface area contributed by atoms with Gasteiger partial charge >= 0.3 is 0 Å². The minimum absolute atomic E-state index is 0.250. The van der Waals surface area contributed by atoms with E-state index in [1.165, 1.54) is 0 Å². The molecule has 0 bridgehead atoms. The molecule has 2 aliphatic rings. The number of nitrogens with one attached hydrogen (secondary N) is 2. The number of β-amino-alcohol motifs (C(OH)–C–C–N with tert-alkyl or cyclic N) is 2. The van der Waals surface area contributed by atoms with Crippen molar-refractivity contribution in [1.82, 2.24) is 20.4 Å². The molecule has 0 aromatic heterocycles. The van der Waals surface area contributed by atoms with Crippen molar-refractivity contribution in [2.24, 2.45) is 0 Å². The van der Waals surface area contributed by atoms with Gasteiger partial charge < -0.3 is 20.8 Å². The first-order valence-electron chi connectivity index (χ1n) is 6.94. The van der Waals surface area contributed by atoms with Crippen molar-refractivity contribution in [2.75, 3.05) is 78.7 Å². The zero-order chi connectivity index (χ0) is 13.1. The highest BCUT2D eigenvalue weighted by Gasteiger charge is 2.14. The van der Waals surface area contributed by atoms with Crippen molar-refractivity contribution < 1.29 is 10.2 Å². The zero-order valence-electron chi connectivity index (χ0n) is 11.3. The standard InChI is InChI=1S/C8H18N2O2.C4H10N2/c11-7-5-9-1-2-10(4-3-9)6-8-12;1-2-6-4-3-5-1/h11-12H,1-8H2;5-6H,1-4H2. The summed E-state index contributed by atoms with van der Waals surface area (Å²) in [6, 6.07) is 0. The average molecular weight is 260 g/mol. The molecule has 0 radical (unpaired) electrons. The molecule has 0 spiro atoms. The van der Waals surface area contributed by atoms with Crippen molar-refractivity contribution in [3.8, 4) is 0 Å². The fourth-order valence-electron chi connectivity index (χ4n) is 2.12. The number of hydrogen-bond acceptors (Lipinski definition) is 6. The second-order valence-electron chi connectivity index (χ2n) is 4.63. The Morgan fingerprint density at radius 1 is 0.667 bits per heavy atom. The molecule has 0 unspecified atom stereocenters. The molecular formula is C12H28N4O2. The lowest BCUT2D eigenvalue weighted by Crippen LogP contribution is -2.47. The summed E-state index contributed by atoms with van der Waals surface area (Å²) in [5.74, 6) is 0. The Labute approximate surface area is 110 Å². The molecule has 0 atom stereocenters. The summed E-state index contributed by atoms with van der Waals surface area (Å²) in [6.45, 7) is 10.7. The molecule has 18 heavy (non-hydrogen) atoms. The fourth-order valence-corrected chi connectivity index (χ4v) is 2.12. The van der Waals surface area contributed by atoms with Crippen LogP contribution in [0, 0.1) is 0 Å².